The molecule has 3 amide bonds. The smallest absolute Gasteiger partial charge is 0.409 e. The third-order valence-electron chi connectivity index (χ3n) is 4.38. The first-order valence-corrected chi connectivity index (χ1v) is 11.0. The summed E-state index contributed by atoms with van der Waals surface area (Å²) in [4.78, 5) is 40.1. The predicted octanol–water partition coefficient (Wildman–Crippen LogP) is 3.62. The Morgan fingerprint density at radius 2 is 2.00 bits per heavy atom. The van der Waals surface area contributed by atoms with E-state index < -0.39 is 6.09 Å². The zero-order valence-corrected chi connectivity index (χ0v) is 18.3. The fourth-order valence-corrected chi connectivity index (χ4v) is 5.09. The molecule has 1 aromatic heterocycles. The van der Waals surface area contributed by atoms with Gasteiger partial charge in [-0.25, -0.2) is 4.79 Å². The van der Waals surface area contributed by atoms with Crippen molar-refractivity contribution in [2.24, 2.45) is 0 Å². The van der Waals surface area contributed by atoms with Crippen molar-refractivity contribution >= 4 is 57.6 Å². The fraction of sp³-hybridized carbons (Fsp3) is 0.316. The summed E-state index contributed by atoms with van der Waals surface area (Å²) >= 11 is 8.58. The molecule has 154 valence electrons. The molecular weight excluding hydrogens is 434 g/mol. The van der Waals surface area contributed by atoms with Gasteiger partial charge >= 0.3 is 6.09 Å². The summed E-state index contributed by atoms with van der Waals surface area (Å²) in [6, 6.07) is 7.24. The first-order valence-electron chi connectivity index (χ1n) is 8.80. The number of ether oxygens (including phenoxy) is 1. The van der Waals surface area contributed by atoms with Crippen LogP contribution in [0.25, 0.3) is 0 Å². The third kappa shape index (κ3) is 5.04. The van der Waals surface area contributed by atoms with Crippen LogP contribution >= 0.6 is 34.7 Å². The second-order valence-corrected chi connectivity index (χ2v) is 8.81. The van der Waals surface area contributed by atoms with Gasteiger partial charge in [0.15, 0.2) is 0 Å². The minimum atomic E-state index is -0.407. The van der Waals surface area contributed by atoms with Crippen molar-refractivity contribution in [1.29, 1.82) is 0 Å². The maximum atomic E-state index is 12.5. The number of amides is 3. The van der Waals surface area contributed by atoms with Gasteiger partial charge in [-0.3, -0.25) is 9.59 Å². The molecule has 0 saturated carbocycles. The van der Waals surface area contributed by atoms with Crippen LogP contribution in [-0.4, -0.2) is 49.3 Å². The molecule has 0 radical (unpaired) electrons. The van der Waals surface area contributed by atoms with Crippen molar-refractivity contribution in [3.8, 4) is 0 Å². The molecular formula is C19H20ClN3O4S2. The van der Waals surface area contributed by atoms with Crippen LogP contribution in [0.1, 0.15) is 20.8 Å². The molecule has 0 atom stereocenters. The van der Waals surface area contributed by atoms with Crippen LogP contribution in [0.4, 0.5) is 9.80 Å². The van der Waals surface area contributed by atoms with Crippen LogP contribution in [0.5, 0.6) is 0 Å². The quantitative estimate of drug-likeness (QED) is 0.675. The van der Waals surface area contributed by atoms with Crippen molar-refractivity contribution in [3.05, 3.63) is 45.3 Å². The highest BCUT2D eigenvalue weighted by atomic mass is 35.5. The van der Waals surface area contributed by atoms with Crippen molar-refractivity contribution in [2.75, 3.05) is 31.8 Å². The number of thiophene rings is 1. The summed E-state index contributed by atoms with van der Waals surface area (Å²) in [6.45, 7) is 0.812. The Morgan fingerprint density at radius 3 is 2.66 bits per heavy atom. The van der Waals surface area contributed by atoms with Crippen LogP contribution in [-0.2, 0) is 22.5 Å². The Hall–Kier alpha value is -2.23. The average molecular weight is 454 g/mol. The number of hydrogen-bond acceptors (Lipinski definition) is 6. The van der Waals surface area contributed by atoms with Crippen LogP contribution in [0, 0.1) is 0 Å². The van der Waals surface area contributed by atoms with Gasteiger partial charge in [-0.05, 0) is 36.2 Å². The van der Waals surface area contributed by atoms with E-state index in [1.807, 2.05) is 12.1 Å². The first kappa shape index (κ1) is 21.5. The number of carbonyl (C=O) groups is 3. The zero-order valence-electron chi connectivity index (χ0n) is 15.9. The van der Waals surface area contributed by atoms with E-state index in [1.165, 1.54) is 30.2 Å². The number of nitrogens with zero attached hydrogens (tertiary/aromatic N) is 1. The second-order valence-electron chi connectivity index (χ2n) is 6.22. The van der Waals surface area contributed by atoms with E-state index in [0.29, 0.717) is 35.1 Å². The lowest BCUT2D eigenvalue weighted by atomic mass is 10.0. The molecule has 2 N–H and O–H groups in total. The van der Waals surface area contributed by atoms with Crippen molar-refractivity contribution in [2.45, 2.75) is 17.9 Å². The molecule has 0 spiro atoms. The predicted molar refractivity (Wildman–Crippen MR) is 115 cm³/mol. The Balaban J connectivity index is 1.75. The lowest BCUT2D eigenvalue weighted by molar-refractivity contribution is -0.113. The normalized spacial score (nSPS) is 12.9. The summed E-state index contributed by atoms with van der Waals surface area (Å²) in [5.41, 5.74) is 1.34. The van der Waals surface area contributed by atoms with Gasteiger partial charge in [0.05, 0.1) is 25.0 Å². The zero-order chi connectivity index (χ0) is 21.0. The number of carbonyl (C=O) groups excluding carboxylic acids is 3. The number of nitrogens with one attached hydrogen (secondary N) is 2. The molecule has 2 aromatic rings. The molecule has 29 heavy (non-hydrogen) atoms. The van der Waals surface area contributed by atoms with Gasteiger partial charge in [0, 0.05) is 28.4 Å². The van der Waals surface area contributed by atoms with Crippen molar-refractivity contribution < 1.29 is 19.1 Å². The molecule has 1 aromatic carbocycles. The maximum Gasteiger partial charge on any atom is 0.409 e. The van der Waals surface area contributed by atoms with Gasteiger partial charge < -0.3 is 20.3 Å². The molecule has 3 rings (SSSR count). The molecule has 7 nitrogen and oxygen atoms in total. The number of rotatable bonds is 5. The molecule has 0 bridgehead atoms. The summed E-state index contributed by atoms with van der Waals surface area (Å²) in [7, 11) is 2.89. The third-order valence-corrected chi connectivity index (χ3v) is 6.78. The van der Waals surface area contributed by atoms with Crippen molar-refractivity contribution in [3.63, 3.8) is 0 Å². The van der Waals surface area contributed by atoms with E-state index in [0.717, 1.165) is 15.3 Å². The highest BCUT2D eigenvalue weighted by molar-refractivity contribution is 8.00. The summed E-state index contributed by atoms with van der Waals surface area (Å²) in [6.07, 6.45) is 0.120. The summed E-state index contributed by atoms with van der Waals surface area (Å²) in [5.74, 6) is -0.265. The van der Waals surface area contributed by atoms with Crippen LogP contribution < -0.4 is 10.6 Å². The lowest BCUT2D eigenvalue weighted by Crippen LogP contribution is -2.35. The molecule has 1 aliphatic heterocycles. The van der Waals surface area contributed by atoms with E-state index in [2.05, 4.69) is 10.6 Å². The first-order chi connectivity index (χ1) is 13.9. The van der Waals surface area contributed by atoms with Gasteiger partial charge in [-0.15, -0.1) is 23.1 Å². The number of hydrogen-bond donors (Lipinski definition) is 2. The summed E-state index contributed by atoms with van der Waals surface area (Å²) in [5, 5.41) is 6.63. The van der Waals surface area contributed by atoms with E-state index in [9.17, 15) is 14.4 Å². The van der Waals surface area contributed by atoms with E-state index in [1.54, 1.807) is 24.1 Å². The topological polar surface area (TPSA) is 87.7 Å². The van der Waals surface area contributed by atoms with Gasteiger partial charge in [0.2, 0.25) is 5.91 Å². The number of halogens is 1. The monoisotopic (exact) mass is 453 g/mol. The minimum Gasteiger partial charge on any atom is -0.453 e. The number of methoxy groups -OCH3 is 1. The van der Waals surface area contributed by atoms with Gasteiger partial charge in [-0.1, -0.05) is 11.6 Å². The second kappa shape index (κ2) is 9.51. The average Bonchev–Trinajstić information content (AvgIpc) is 3.08. The Kier molecular flexibility index (Phi) is 7.05. The van der Waals surface area contributed by atoms with Crippen LogP contribution in [0.2, 0.25) is 5.02 Å². The van der Waals surface area contributed by atoms with Gasteiger partial charge in [-0.2, -0.15) is 0 Å². The summed E-state index contributed by atoms with van der Waals surface area (Å²) < 4.78 is 4.79. The standard InChI is InChI=1S/C19H20ClN3O4S2/c1-21-17(25)16-13-7-8-23(19(26)27-2)9-14(13)29-18(16)22-15(24)10-28-12-5-3-11(20)4-6-12/h3-6H,7-10H2,1-2H3,(H,21,25)(H,22,24). The van der Waals surface area contributed by atoms with Gasteiger partial charge in [0.1, 0.15) is 5.00 Å². The van der Waals surface area contributed by atoms with E-state index in [-0.39, 0.29) is 17.6 Å². The molecule has 10 heteroatoms. The van der Waals surface area contributed by atoms with E-state index in [4.69, 9.17) is 16.3 Å². The number of thioether (sulfide) groups is 1. The molecule has 0 fully saturated rings. The molecule has 0 saturated heterocycles. The Morgan fingerprint density at radius 1 is 1.28 bits per heavy atom. The van der Waals surface area contributed by atoms with E-state index >= 15 is 0 Å². The molecule has 1 aliphatic rings. The van der Waals surface area contributed by atoms with Crippen molar-refractivity contribution in [1.82, 2.24) is 10.2 Å². The molecule has 2 heterocycles. The fourth-order valence-electron chi connectivity index (χ4n) is 2.98. The van der Waals surface area contributed by atoms with Gasteiger partial charge in [0.25, 0.3) is 5.91 Å². The highest BCUT2D eigenvalue weighted by Gasteiger charge is 2.30. The lowest BCUT2D eigenvalue weighted by Gasteiger charge is -2.25. The molecule has 0 aliphatic carbocycles. The Bertz CT molecular complexity index is 930. The number of benzene rings is 1. The largest absolute Gasteiger partial charge is 0.453 e. The molecule has 0 unspecified atom stereocenters. The highest BCUT2D eigenvalue weighted by Crippen LogP contribution is 2.37. The number of anilines is 1. The SMILES string of the molecule is CNC(=O)c1c(NC(=O)CSc2ccc(Cl)cc2)sc2c1CCN(C(=O)OC)C2. The minimum absolute atomic E-state index is 0.200. The maximum absolute atomic E-state index is 12.5. The Labute approximate surface area is 181 Å². The number of fused-ring (bicyclic) bond motifs is 1. The van der Waals surface area contributed by atoms with Crippen LogP contribution in [0.15, 0.2) is 29.2 Å². The van der Waals surface area contributed by atoms with Crippen LogP contribution in [0.3, 0.4) is 0 Å².